The van der Waals surface area contributed by atoms with Crippen molar-refractivity contribution >= 4 is 23.3 Å². The molecule has 0 fully saturated rings. The highest BCUT2D eigenvalue weighted by molar-refractivity contribution is 7.80. The van der Waals surface area contributed by atoms with Gasteiger partial charge >= 0.3 is 5.97 Å². The molecule has 2 rings (SSSR count). The molecule has 0 aliphatic carbocycles. The molecule has 1 aliphatic rings. The molecular weight excluding hydrogens is 392 g/mol. The average molecular weight is 423 g/mol. The van der Waals surface area contributed by atoms with Crippen LogP contribution in [0.5, 0.6) is 11.5 Å². The summed E-state index contributed by atoms with van der Waals surface area (Å²) in [5.74, 6) is 1.39. The highest BCUT2D eigenvalue weighted by atomic mass is 32.1. The second kappa shape index (κ2) is 11.0. The number of ether oxygens (including phenoxy) is 4. The Morgan fingerprint density at radius 3 is 2.59 bits per heavy atom. The van der Waals surface area contributed by atoms with Gasteiger partial charge < -0.3 is 29.6 Å². The third-order valence-electron chi connectivity index (χ3n) is 4.48. The summed E-state index contributed by atoms with van der Waals surface area (Å²) >= 11 is 5.29. The lowest BCUT2D eigenvalue weighted by atomic mass is 9.95. The first kappa shape index (κ1) is 23.0. The standard InChI is InChI=1S/C21H30N2O5S/c1-13(2)8-9-27-16-7-6-15(12-17(16)26-5)19-18(14(3)22-21(29)23-19)20(24)28-11-10-25-4/h6-7,12-13,19H,8-11H2,1-5H3,(H2,22,23,29). The van der Waals surface area contributed by atoms with E-state index in [9.17, 15) is 4.79 Å². The fourth-order valence-electron chi connectivity index (χ4n) is 2.90. The molecule has 0 aromatic heterocycles. The van der Waals surface area contributed by atoms with E-state index in [1.807, 2.05) is 18.2 Å². The van der Waals surface area contributed by atoms with Gasteiger partial charge in [0.05, 0.1) is 31.9 Å². The van der Waals surface area contributed by atoms with Crippen LogP contribution in [0.15, 0.2) is 29.5 Å². The monoisotopic (exact) mass is 422 g/mol. The van der Waals surface area contributed by atoms with Crippen LogP contribution in [0.25, 0.3) is 0 Å². The van der Waals surface area contributed by atoms with Crippen LogP contribution in [0.3, 0.4) is 0 Å². The summed E-state index contributed by atoms with van der Waals surface area (Å²) in [5, 5.41) is 6.58. The number of benzene rings is 1. The van der Waals surface area contributed by atoms with E-state index in [1.54, 1.807) is 21.1 Å². The Labute approximate surface area is 177 Å². The van der Waals surface area contributed by atoms with E-state index in [0.29, 0.717) is 47.0 Å². The average Bonchev–Trinajstić information content (AvgIpc) is 2.67. The largest absolute Gasteiger partial charge is 0.493 e. The molecule has 0 bridgehead atoms. The molecule has 0 saturated carbocycles. The maximum absolute atomic E-state index is 12.7. The van der Waals surface area contributed by atoms with Gasteiger partial charge in [0.25, 0.3) is 0 Å². The first-order valence-corrected chi connectivity index (χ1v) is 10.0. The molecule has 1 heterocycles. The molecule has 1 aliphatic heterocycles. The number of carbonyl (C=O) groups is 1. The molecule has 1 unspecified atom stereocenters. The minimum Gasteiger partial charge on any atom is -0.493 e. The van der Waals surface area contributed by atoms with Crippen molar-refractivity contribution < 1.29 is 23.7 Å². The predicted octanol–water partition coefficient (Wildman–Crippen LogP) is 3.10. The topological polar surface area (TPSA) is 78.1 Å². The number of esters is 1. The minimum absolute atomic E-state index is 0.176. The third-order valence-corrected chi connectivity index (χ3v) is 4.70. The smallest absolute Gasteiger partial charge is 0.338 e. The first-order valence-electron chi connectivity index (χ1n) is 9.62. The number of nitrogens with one attached hydrogen (secondary N) is 2. The number of thiocarbonyl (C=S) groups is 1. The molecular formula is C21H30N2O5S. The molecule has 0 saturated heterocycles. The summed E-state index contributed by atoms with van der Waals surface area (Å²) in [6.45, 7) is 7.22. The predicted molar refractivity (Wildman–Crippen MR) is 115 cm³/mol. The summed E-state index contributed by atoms with van der Waals surface area (Å²) in [6.07, 6.45) is 0.953. The van der Waals surface area contributed by atoms with Gasteiger partial charge in [-0.05, 0) is 49.2 Å². The number of methoxy groups -OCH3 is 2. The zero-order valence-electron chi connectivity index (χ0n) is 17.7. The van der Waals surface area contributed by atoms with E-state index in [4.69, 9.17) is 31.2 Å². The third kappa shape index (κ3) is 6.33. The van der Waals surface area contributed by atoms with Crippen molar-refractivity contribution in [1.29, 1.82) is 0 Å². The van der Waals surface area contributed by atoms with Gasteiger partial charge in [-0.2, -0.15) is 0 Å². The van der Waals surface area contributed by atoms with Crippen molar-refractivity contribution in [3.05, 3.63) is 35.0 Å². The second-order valence-corrected chi connectivity index (χ2v) is 7.55. The lowest BCUT2D eigenvalue weighted by Crippen LogP contribution is -2.45. The van der Waals surface area contributed by atoms with Crippen molar-refractivity contribution in [1.82, 2.24) is 10.6 Å². The van der Waals surface area contributed by atoms with Gasteiger partial charge in [-0.15, -0.1) is 0 Å². The van der Waals surface area contributed by atoms with Crippen molar-refractivity contribution in [2.24, 2.45) is 5.92 Å². The molecule has 1 atom stereocenters. The molecule has 1 aromatic carbocycles. The summed E-state index contributed by atoms with van der Waals surface area (Å²) in [5.41, 5.74) is 1.93. The molecule has 160 valence electrons. The lowest BCUT2D eigenvalue weighted by molar-refractivity contribution is -0.140. The zero-order valence-corrected chi connectivity index (χ0v) is 18.5. The van der Waals surface area contributed by atoms with Gasteiger partial charge in [-0.25, -0.2) is 4.79 Å². The minimum atomic E-state index is -0.461. The lowest BCUT2D eigenvalue weighted by Gasteiger charge is -2.30. The Balaban J connectivity index is 2.27. The van der Waals surface area contributed by atoms with Crippen molar-refractivity contribution in [2.75, 3.05) is 34.0 Å². The van der Waals surface area contributed by atoms with E-state index in [2.05, 4.69) is 24.5 Å². The van der Waals surface area contributed by atoms with Crippen LogP contribution in [0.4, 0.5) is 0 Å². The van der Waals surface area contributed by atoms with Gasteiger partial charge in [-0.1, -0.05) is 19.9 Å². The Morgan fingerprint density at radius 2 is 1.93 bits per heavy atom. The van der Waals surface area contributed by atoms with E-state index in [0.717, 1.165) is 12.0 Å². The maximum atomic E-state index is 12.7. The summed E-state index contributed by atoms with van der Waals surface area (Å²) in [6, 6.07) is 5.14. The van der Waals surface area contributed by atoms with Gasteiger partial charge in [0, 0.05) is 12.8 Å². The molecule has 8 heteroatoms. The van der Waals surface area contributed by atoms with Crippen LogP contribution in [-0.4, -0.2) is 45.1 Å². The fraction of sp³-hybridized carbons (Fsp3) is 0.524. The number of allylic oxidation sites excluding steroid dienone is 1. The SMILES string of the molecule is COCCOC(=O)C1=C(C)NC(=S)NC1c1ccc(OCCC(C)C)c(OC)c1. The Morgan fingerprint density at radius 1 is 1.17 bits per heavy atom. The highest BCUT2D eigenvalue weighted by Gasteiger charge is 2.31. The zero-order chi connectivity index (χ0) is 21.4. The Kier molecular flexibility index (Phi) is 8.72. The van der Waals surface area contributed by atoms with Gasteiger partial charge in [-0.3, -0.25) is 0 Å². The highest BCUT2D eigenvalue weighted by Crippen LogP contribution is 2.34. The summed E-state index contributed by atoms with van der Waals surface area (Å²) < 4.78 is 21.7. The van der Waals surface area contributed by atoms with Crippen LogP contribution in [0, 0.1) is 5.92 Å². The molecule has 29 heavy (non-hydrogen) atoms. The number of carbonyl (C=O) groups excluding carboxylic acids is 1. The summed E-state index contributed by atoms with van der Waals surface area (Å²) in [7, 11) is 3.15. The van der Waals surface area contributed by atoms with Crippen molar-refractivity contribution in [3.8, 4) is 11.5 Å². The van der Waals surface area contributed by atoms with Gasteiger partial charge in [0.15, 0.2) is 16.6 Å². The molecule has 0 spiro atoms. The molecule has 0 amide bonds. The first-order chi connectivity index (χ1) is 13.9. The van der Waals surface area contributed by atoms with Crippen molar-refractivity contribution in [2.45, 2.75) is 33.2 Å². The molecule has 0 radical (unpaired) electrons. The Hall–Kier alpha value is -2.32. The summed E-state index contributed by atoms with van der Waals surface area (Å²) in [4.78, 5) is 12.7. The molecule has 7 nitrogen and oxygen atoms in total. The van der Waals surface area contributed by atoms with Crippen LogP contribution in [0.1, 0.15) is 38.8 Å². The number of rotatable bonds is 10. The number of hydrogen-bond donors (Lipinski definition) is 2. The van der Waals surface area contributed by atoms with Crippen LogP contribution in [0.2, 0.25) is 0 Å². The van der Waals surface area contributed by atoms with Crippen LogP contribution >= 0.6 is 12.2 Å². The van der Waals surface area contributed by atoms with Crippen LogP contribution < -0.4 is 20.1 Å². The van der Waals surface area contributed by atoms with E-state index < -0.39 is 12.0 Å². The molecule has 1 aromatic rings. The fourth-order valence-corrected chi connectivity index (χ4v) is 3.17. The van der Waals surface area contributed by atoms with Gasteiger partial charge in [0.2, 0.25) is 0 Å². The van der Waals surface area contributed by atoms with E-state index in [1.165, 1.54) is 0 Å². The maximum Gasteiger partial charge on any atom is 0.338 e. The normalized spacial score (nSPS) is 16.3. The molecule has 2 N–H and O–H groups in total. The Bertz CT molecular complexity index is 763. The quantitative estimate of drug-likeness (QED) is 0.338. The van der Waals surface area contributed by atoms with E-state index >= 15 is 0 Å². The van der Waals surface area contributed by atoms with Crippen molar-refractivity contribution in [3.63, 3.8) is 0 Å². The number of hydrogen-bond acceptors (Lipinski definition) is 6. The van der Waals surface area contributed by atoms with Gasteiger partial charge in [0.1, 0.15) is 6.61 Å². The second-order valence-electron chi connectivity index (χ2n) is 7.14. The van der Waals surface area contributed by atoms with E-state index in [-0.39, 0.29) is 6.61 Å². The van der Waals surface area contributed by atoms with Crippen LogP contribution in [-0.2, 0) is 14.3 Å².